The van der Waals surface area contributed by atoms with Gasteiger partial charge < -0.3 is 4.52 Å². The number of nitrogens with zero attached hydrogens (tertiary/aromatic N) is 1. The van der Waals surface area contributed by atoms with Crippen molar-refractivity contribution >= 4 is 10.8 Å². The molecule has 1 saturated carbocycles. The zero-order valence-corrected chi connectivity index (χ0v) is 13.0. The van der Waals surface area contributed by atoms with Crippen molar-refractivity contribution in [3.63, 3.8) is 0 Å². The smallest absolute Gasteiger partial charge is 0.149 e. The normalized spacial score (nSPS) is 29.3. The summed E-state index contributed by atoms with van der Waals surface area (Å²) >= 11 is 0. The molecule has 108 valence electrons. The number of aromatic nitrogens is 1. The Morgan fingerprint density at radius 3 is 2.58 bits per heavy atom. The van der Waals surface area contributed by atoms with Gasteiger partial charge in [-0.2, -0.15) is 0 Å². The fourth-order valence-corrected chi connectivity index (χ4v) is 4.56. The minimum absolute atomic E-state index is 0.513. The maximum absolute atomic E-state index is 12.1. The summed E-state index contributed by atoms with van der Waals surface area (Å²) in [6.45, 7) is 6.58. The van der Waals surface area contributed by atoms with Crippen LogP contribution in [-0.4, -0.2) is 15.1 Å². The molecule has 3 atom stereocenters. The van der Waals surface area contributed by atoms with Gasteiger partial charge in [0, 0.05) is 22.6 Å². The van der Waals surface area contributed by atoms with E-state index in [0.717, 1.165) is 41.4 Å². The zero-order valence-electron chi connectivity index (χ0n) is 12.2. The van der Waals surface area contributed by atoms with Gasteiger partial charge >= 0.3 is 0 Å². The highest BCUT2D eigenvalue weighted by molar-refractivity contribution is 7.84. The molecule has 0 aromatic carbocycles. The summed E-state index contributed by atoms with van der Waals surface area (Å²) < 4.78 is 17.2. The van der Waals surface area contributed by atoms with E-state index >= 15 is 0 Å². The van der Waals surface area contributed by atoms with Gasteiger partial charge in [0.15, 0.2) is 0 Å². The van der Waals surface area contributed by atoms with Gasteiger partial charge in [-0.25, -0.2) is 0 Å². The Balaban J connectivity index is 1.74. The zero-order chi connectivity index (χ0) is 13.8. The van der Waals surface area contributed by atoms with Crippen LogP contribution in [-0.2, 0) is 16.6 Å². The molecule has 1 aromatic heterocycles. The van der Waals surface area contributed by atoms with Crippen molar-refractivity contribution in [2.75, 3.05) is 5.75 Å². The Morgan fingerprint density at radius 2 is 2.00 bits per heavy atom. The predicted octanol–water partition coefficient (Wildman–Crippen LogP) is 3.69. The Bertz CT molecular complexity index is 420. The molecule has 1 fully saturated rings. The maximum atomic E-state index is 12.1. The lowest BCUT2D eigenvalue weighted by atomic mass is 9.76. The second kappa shape index (κ2) is 6.69. The van der Waals surface area contributed by atoms with Crippen molar-refractivity contribution in [3.8, 4) is 0 Å². The lowest BCUT2D eigenvalue weighted by Gasteiger charge is -2.31. The van der Waals surface area contributed by atoms with E-state index in [1.807, 2.05) is 13.0 Å². The summed E-state index contributed by atoms with van der Waals surface area (Å²) in [5, 5.41) is 3.83. The molecule has 0 bridgehead atoms. The number of hydrogen-bond acceptors (Lipinski definition) is 3. The average molecular weight is 283 g/mol. The highest BCUT2D eigenvalue weighted by atomic mass is 32.2. The van der Waals surface area contributed by atoms with Gasteiger partial charge in [-0.15, -0.1) is 0 Å². The van der Waals surface area contributed by atoms with Crippen LogP contribution in [0.4, 0.5) is 0 Å². The minimum atomic E-state index is -0.816. The van der Waals surface area contributed by atoms with Crippen LogP contribution in [0.25, 0.3) is 0 Å². The van der Waals surface area contributed by atoms with Crippen molar-refractivity contribution in [2.45, 2.75) is 52.2 Å². The number of hydrogen-bond donors (Lipinski definition) is 0. The molecular weight excluding hydrogens is 258 g/mol. The van der Waals surface area contributed by atoms with E-state index in [4.69, 9.17) is 4.52 Å². The largest absolute Gasteiger partial charge is 0.360 e. The molecule has 0 spiro atoms. The van der Waals surface area contributed by atoms with E-state index in [9.17, 15) is 4.21 Å². The number of aryl methyl sites for hydroxylation is 1. The molecule has 3 nitrogen and oxygen atoms in total. The topological polar surface area (TPSA) is 43.1 Å². The van der Waals surface area contributed by atoms with Crippen molar-refractivity contribution in [1.29, 1.82) is 0 Å². The van der Waals surface area contributed by atoms with E-state index in [-0.39, 0.29) is 0 Å². The molecule has 0 radical (unpaired) electrons. The quantitative estimate of drug-likeness (QED) is 0.827. The summed E-state index contributed by atoms with van der Waals surface area (Å²) in [6.07, 6.45) is 5.07. The predicted molar refractivity (Wildman–Crippen MR) is 78.2 cm³/mol. The first-order valence-corrected chi connectivity index (χ1v) is 8.79. The molecule has 1 heterocycles. The second-order valence-corrected chi connectivity index (χ2v) is 7.87. The Kier molecular flexibility index (Phi) is 5.20. The van der Waals surface area contributed by atoms with E-state index in [2.05, 4.69) is 19.0 Å². The van der Waals surface area contributed by atoms with E-state index in [1.165, 1.54) is 19.3 Å². The van der Waals surface area contributed by atoms with Gasteiger partial charge in [0.1, 0.15) is 5.76 Å². The van der Waals surface area contributed by atoms with Crippen molar-refractivity contribution in [3.05, 3.63) is 17.5 Å². The number of rotatable bonds is 5. The van der Waals surface area contributed by atoms with Crippen molar-refractivity contribution < 1.29 is 8.73 Å². The molecule has 1 aliphatic rings. The third-order valence-corrected chi connectivity index (χ3v) is 5.31. The lowest BCUT2D eigenvalue weighted by Crippen LogP contribution is -2.21. The second-order valence-electron chi connectivity index (χ2n) is 6.30. The van der Waals surface area contributed by atoms with Crippen LogP contribution < -0.4 is 0 Å². The van der Waals surface area contributed by atoms with Crippen LogP contribution in [0, 0.1) is 24.7 Å². The van der Waals surface area contributed by atoms with Gasteiger partial charge in [0.05, 0.1) is 11.4 Å². The molecular formula is C15H25NO2S. The van der Waals surface area contributed by atoms with Gasteiger partial charge in [0.2, 0.25) is 0 Å². The molecule has 1 aromatic rings. The summed E-state index contributed by atoms with van der Waals surface area (Å²) in [5.74, 6) is 4.49. The van der Waals surface area contributed by atoms with E-state index < -0.39 is 10.8 Å². The fraction of sp³-hybridized carbons (Fsp3) is 0.800. The van der Waals surface area contributed by atoms with Gasteiger partial charge in [0.25, 0.3) is 0 Å². The van der Waals surface area contributed by atoms with Gasteiger partial charge in [-0.3, -0.25) is 4.21 Å². The van der Waals surface area contributed by atoms with Gasteiger partial charge in [-0.1, -0.05) is 19.0 Å². The molecule has 0 aliphatic heterocycles. The fourth-order valence-electron chi connectivity index (χ4n) is 3.36. The molecule has 4 heteroatoms. The standard InChI is InChI=1S/C15H25NO2S/c1-11-6-12(2)8-14(7-11)4-5-19(17)10-15-9-13(3)16-18-15/h9,11-12,14H,4-8,10H2,1-3H3/t11-,12-,19+/m1/s1. The summed E-state index contributed by atoms with van der Waals surface area (Å²) in [4.78, 5) is 0. The maximum Gasteiger partial charge on any atom is 0.149 e. The highest BCUT2D eigenvalue weighted by Crippen LogP contribution is 2.34. The molecule has 0 N–H and O–H groups in total. The Morgan fingerprint density at radius 1 is 1.32 bits per heavy atom. The summed E-state index contributed by atoms with van der Waals surface area (Å²) in [7, 11) is -0.816. The van der Waals surface area contributed by atoms with Crippen LogP contribution in [0.5, 0.6) is 0 Å². The van der Waals surface area contributed by atoms with Crippen LogP contribution in [0.15, 0.2) is 10.6 Å². The molecule has 19 heavy (non-hydrogen) atoms. The summed E-state index contributed by atoms with van der Waals surface area (Å²) in [5.41, 5.74) is 0.863. The molecule has 0 amide bonds. The average Bonchev–Trinajstić information content (AvgIpc) is 2.71. The molecule has 0 unspecified atom stereocenters. The van der Waals surface area contributed by atoms with E-state index in [1.54, 1.807) is 0 Å². The van der Waals surface area contributed by atoms with Crippen LogP contribution in [0.1, 0.15) is 51.0 Å². The molecule has 1 aliphatic carbocycles. The molecule has 0 saturated heterocycles. The first-order valence-electron chi connectivity index (χ1n) is 7.30. The van der Waals surface area contributed by atoms with Gasteiger partial charge in [-0.05, 0) is 50.4 Å². The van der Waals surface area contributed by atoms with E-state index in [0.29, 0.717) is 5.75 Å². The third-order valence-electron chi connectivity index (χ3n) is 4.01. The highest BCUT2D eigenvalue weighted by Gasteiger charge is 2.24. The third kappa shape index (κ3) is 4.75. The van der Waals surface area contributed by atoms with Crippen LogP contribution in [0.2, 0.25) is 0 Å². The monoisotopic (exact) mass is 283 g/mol. The van der Waals surface area contributed by atoms with Crippen molar-refractivity contribution in [2.24, 2.45) is 17.8 Å². The van der Waals surface area contributed by atoms with Crippen molar-refractivity contribution in [1.82, 2.24) is 5.16 Å². The molecule has 2 rings (SSSR count). The first-order chi connectivity index (χ1) is 9.02. The van der Waals surface area contributed by atoms with Crippen LogP contribution in [0.3, 0.4) is 0 Å². The Labute approximate surface area is 118 Å². The SMILES string of the molecule is Cc1cc(C[S@@](=O)CCC2C[C@H](C)C[C@@H](C)C2)on1. The van der Waals surface area contributed by atoms with Crippen LogP contribution >= 0.6 is 0 Å². The summed E-state index contributed by atoms with van der Waals surface area (Å²) in [6, 6.07) is 1.88. The first kappa shape index (κ1) is 14.8. The Hall–Kier alpha value is -0.640. The minimum Gasteiger partial charge on any atom is -0.360 e. The lowest BCUT2D eigenvalue weighted by molar-refractivity contribution is 0.215.